The van der Waals surface area contributed by atoms with Crippen molar-refractivity contribution < 1.29 is 37.4 Å². The van der Waals surface area contributed by atoms with Crippen molar-refractivity contribution in [1.29, 1.82) is 0 Å². The minimum absolute atomic E-state index is 0.0468. The summed E-state index contributed by atoms with van der Waals surface area (Å²) in [7, 11) is 0. The van der Waals surface area contributed by atoms with Gasteiger partial charge in [0.15, 0.2) is 0 Å². The quantitative estimate of drug-likeness (QED) is 0.326. The number of benzene rings is 2. The Hall–Kier alpha value is -3.15. The van der Waals surface area contributed by atoms with E-state index >= 15 is 8.78 Å². The van der Waals surface area contributed by atoms with Crippen molar-refractivity contribution in [3.8, 4) is 0 Å². The molecular formula is C27H28Cl3F2N3O6. The predicted octanol–water partition coefficient (Wildman–Crippen LogP) is 7.68. The molecule has 0 heterocycles. The molecule has 2 aromatic rings. The van der Waals surface area contributed by atoms with Gasteiger partial charge in [-0.05, 0) is 66.2 Å². The number of ether oxygens (including phenoxy) is 2. The molecule has 1 aliphatic rings. The number of nitrogens with zero attached hydrogens (tertiary/aromatic N) is 1. The maximum atomic E-state index is 15.3. The van der Waals surface area contributed by atoms with Crippen molar-refractivity contribution >= 4 is 75.9 Å². The SMILES string of the molecule is CC(C)(C)OC(=O)N(C(=O)OC(C)(C)C)c1cc(F)c(NC(=O)c2cc(NC(=O)C3CC3(Cl)Cl)ccc2Cl)cc1F. The molecule has 2 N–H and O–H groups in total. The average molecular weight is 635 g/mol. The lowest BCUT2D eigenvalue weighted by Gasteiger charge is -2.29. The van der Waals surface area contributed by atoms with Gasteiger partial charge in [-0.1, -0.05) is 11.6 Å². The molecule has 2 aromatic carbocycles. The molecule has 14 heteroatoms. The van der Waals surface area contributed by atoms with Crippen molar-refractivity contribution in [2.75, 3.05) is 15.5 Å². The molecule has 9 nitrogen and oxygen atoms in total. The summed E-state index contributed by atoms with van der Waals surface area (Å²) in [6, 6.07) is 5.11. The zero-order chi connectivity index (χ0) is 31.1. The summed E-state index contributed by atoms with van der Waals surface area (Å²) < 4.78 is 39.7. The monoisotopic (exact) mass is 633 g/mol. The largest absolute Gasteiger partial charge is 0.443 e. The van der Waals surface area contributed by atoms with E-state index in [1.54, 1.807) is 0 Å². The summed E-state index contributed by atoms with van der Waals surface area (Å²) in [6.45, 7) is 9.13. The van der Waals surface area contributed by atoms with Gasteiger partial charge in [0.1, 0.15) is 27.2 Å². The Balaban J connectivity index is 1.88. The highest BCUT2D eigenvalue weighted by Gasteiger charge is 2.56. The topological polar surface area (TPSA) is 114 Å². The highest BCUT2D eigenvalue weighted by atomic mass is 35.5. The molecule has 1 aliphatic carbocycles. The Bertz CT molecular complexity index is 1380. The number of hydrogen-bond acceptors (Lipinski definition) is 6. The molecule has 0 spiro atoms. The van der Waals surface area contributed by atoms with E-state index in [9.17, 15) is 19.2 Å². The standard InChI is InChI=1S/C27H28Cl3F2N3O6/c1-25(2,3)40-23(38)35(24(39)41-26(4,5)6)20-11-17(31)19(10-18(20)32)34-21(36)14-9-13(7-8-16(14)28)33-22(37)15-12-27(15,29)30/h7-11,15H,12H2,1-6H3,(H,33,37)(H,34,36). The Morgan fingerprint density at radius 2 is 1.44 bits per heavy atom. The number of anilines is 3. The molecule has 1 fully saturated rings. The summed E-state index contributed by atoms with van der Waals surface area (Å²) in [5.41, 5.74) is -3.57. The molecule has 0 aromatic heterocycles. The smallest absolute Gasteiger partial charge is 0.424 e. The first-order valence-corrected chi connectivity index (χ1v) is 13.4. The van der Waals surface area contributed by atoms with E-state index < -0.39 is 68.5 Å². The van der Waals surface area contributed by atoms with Gasteiger partial charge in [0.05, 0.1) is 27.9 Å². The van der Waals surface area contributed by atoms with Crippen molar-refractivity contribution in [2.45, 2.75) is 63.5 Å². The van der Waals surface area contributed by atoms with Crippen molar-refractivity contribution in [1.82, 2.24) is 0 Å². The van der Waals surface area contributed by atoms with Crippen LogP contribution in [0.15, 0.2) is 30.3 Å². The highest BCUT2D eigenvalue weighted by Crippen LogP contribution is 2.53. The Labute approximate surface area is 250 Å². The van der Waals surface area contributed by atoms with Gasteiger partial charge in [-0.25, -0.2) is 18.4 Å². The molecule has 0 aliphatic heterocycles. The molecule has 1 unspecified atom stereocenters. The van der Waals surface area contributed by atoms with Gasteiger partial charge in [-0.3, -0.25) is 9.59 Å². The molecule has 0 bridgehead atoms. The van der Waals surface area contributed by atoms with E-state index in [2.05, 4.69) is 10.6 Å². The third-order valence-electron chi connectivity index (χ3n) is 5.30. The number of halogens is 5. The summed E-state index contributed by atoms with van der Waals surface area (Å²) in [5.74, 6) is -4.48. The van der Waals surface area contributed by atoms with Crippen LogP contribution in [0.25, 0.3) is 0 Å². The number of imide groups is 1. The van der Waals surface area contributed by atoms with Gasteiger partial charge in [0.25, 0.3) is 5.91 Å². The third kappa shape index (κ3) is 8.43. The second kappa shape index (κ2) is 11.6. The second-order valence-corrected chi connectivity index (χ2v) is 13.2. The zero-order valence-corrected chi connectivity index (χ0v) is 25.2. The first-order chi connectivity index (χ1) is 18.7. The summed E-state index contributed by atoms with van der Waals surface area (Å²) in [5, 5.41) is 4.71. The van der Waals surface area contributed by atoms with Gasteiger partial charge in [-0.2, -0.15) is 4.90 Å². The van der Waals surface area contributed by atoms with Crippen molar-refractivity contribution in [3.63, 3.8) is 0 Å². The normalized spacial score (nSPS) is 15.9. The lowest BCUT2D eigenvalue weighted by molar-refractivity contribution is -0.117. The molecular weight excluding hydrogens is 607 g/mol. The van der Waals surface area contributed by atoms with E-state index in [-0.39, 0.29) is 27.6 Å². The lowest BCUT2D eigenvalue weighted by Crippen LogP contribution is -2.44. The zero-order valence-electron chi connectivity index (χ0n) is 23.0. The minimum atomic E-state index is -1.31. The van der Waals surface area contributed by atoms with E-state index in [1.165, 1.54) is 59.7 Å². The predicted molar refractivity (Wildman–Crippen MR) is 152 cm³/mol. The fraction of sp³-hybridized carbons (Fsp3) is 0.407. The first kappa shape index (κ1) is 32.4. The van der Waals surface area contributed by atoms with E-state index in [1.807, 2.05) is 0 Å². The van der Waals surface area contributed by atoms with Crippen LogP contribution in [0.4, 0.5) is 35.4 Å². The van der Waals surface area contributed by atoms with Crippen LogP contribution in [-0.2, 0) is 14.3 Å². The Morgan fingerprint density at radius 1 is 0.902 bits per heavy atom. The van der Waals surface area contributed by atoms with E-state index in [0.29, 0.717) is 12.1 Å². The van der Waals surface area contributed by atoms with Crippen LogP contribution in [0.5, 0.6) is 0 Å². The van der Waals surface area contributed by atoms with Gasteiger partial charge in [0, 0.05) is 17.8 Å². The summed E-state index contributed by atoms with van der Waals surface area (Å²) in [6.07, 6.45) is -2.35. The van der Waals surface area contributed by atoms with Gasteiger partial charge >= 0.3 is 12.2 Å². The number of hydrogen-bond donors (Lipinski definition) is 2. The molecule has 0 saturated heterocycles. The van der Waals surface area contributed by atoms with E-state index in [4.69, 9.17) is 44.3 Å². The molecule has 222 valence electrons. The molecule has 0 radical (unpaired) electrons. The van der Waals surface area contributed by atoms with Gasteiger partial charge < -0.3 is 20.1 Å². The lowest BCUT2D eigenvalue weighted by atomic mass is 10.1. The van der Waals surface area contributed by atoms with Crippen molar-refractivity contribution in [2.24, 2.45) is 5.92 Å². The number of carbonyl (C=O) groups excluding carboxylic acids is 4. The van der Waals surface area contributed by atoms with Gasteiger partial charge in [0.2, 0.25) is 5.91 Å². The molecule has 3 rings (SSSR count). The van der Waals surface area contributed by atoms with Crippen LogP contribution in [0.3, 0.4) is 0 Å². The second-order valence-electron chi connectivity index (χ2n) is 11.2. The average Bonchev–Trinajstić information content (AvgIpc) is 3.44. The minimum Gasteiger partial charge on any atom is -0.443 e. The van der Waals surface area contributed by atoms with E-state index in [0.717, 1.165) is 0 Å². The van der Waals surface area contributed by atoms with Crippen LogP contribution in [0.2, 0.25) is 5.02 Å². The maximum absolute atomic E-state index is 15.3. The Kier molecular flexibility index (Phi) is 9.17. The van der Waals surface area contributed by atoms with Crippen LogP contribution >= 0.6 is 34.8 Å². The molecule has 1 atom stereocenters. The van der Waals surface area contributed by atoms with Crippen molar-refractivity contribution in [3.05, 3.63) is 52.6 Å². The molecule has 41 heavy (non-hydrogen) atoms. The fourth-order valence-corrected chi connectivity index (χ4v) is 4.09. The van der Waals surface area contributed by atoms with Crippen LogP contribution in [0.1, 0.15) is 58.3 Å². The first-order valence-electron chi connectivity index (χ1n) is 12.2. The molecule has 4 amide bonds. The Morgan fingerprint density at radius 3 is 1.93 bits per heavy atom. The summed E-state index contributed by atoms with van der Waals surface area (Å²) >= 11 is 18.0. The number of alkyl halides is 2. The van der Waals surface area contributed by atoms with Crippen LogP contribution in [0, 0.1) is 17.6 Å². The highest BCUT2D eigenvalue weighted by molar-refractivity contribution is 6.52. The van der Waals surface area contributed by atoms with Crippen LogP contribution in [-0.4, -0.2) is 39.5 Å². The number of amides is 4. The van der Waals surface area contributed by atoms with Crippen LogP contribution < -0.4 is 15.5 Å². The number of carbonyl (C=O) groups is 4. The summed E-state index contributed by atoms with van der Waals surface area (Å²) in [4.78, 5) is 51.1. The fourth-order valence-electron chi connectivity index (χ4n) is 3.38. The third-order valence-corrected chi connectivity index (χ3v) is 6.46. The number of nitrogens with one attached hydrogen (secondary N) is 2. The molecule has 1 saturated carbocycles. The van der Waals surface area contributed by atoms with Gasteiger partial charge in [-0.15, -0.1) is 23.2 Å². The number of rotatable bonds is 5. The maximum Gasteiger partial charge on any atom is 0.424 e.